The van der Waals surface area contributed by atoms with Crippen LogP contribution in [0.1, 0.15) is 18.4 Å². The van der Waals surface area contributed by atoms with Crippen LogP contribution in [0.3, 0.4) is 0 Å². The summed E-state index contributed by atoms with van der Waals surface area (Å²) in [5, 5.41) is 9.32. The average Bonchev–Trinajstić information content (AvgIpc) is 3.11. The molecule has 0 spiro atoms. The maximum atomic E-state index is 11.3. The molecule has 2 aliphatic rings. The van der Waals surface area contributed by atoms with Gasteiger partial charge in [0.15, 0.2) is 11.5 Å². The molecule has 1 fully saturated rings. The van der Waals surface area contributed by atoms with E-state index < -0.39 is 11.4 Å². The first-order chi connectivity index (χ1) is 8.15. The lowest BCUT2D eigenvalue weighted by molar-refractivity contribution is -0.140. The number of hydrogen-bond donors (Lipinski definition) is 1. The van der Waals surface area contributed by atoms with Gasteiger partial charge in [0, 0.05) is 5.56 Å². The molecule has 1 aliphatic heterocycles. The van der Waals surface area contributed by atoms with Crippen LogP contribution in [0.25, 0.3) is 0 Å². The highest BCUT2D eigenvalue weighted by molar-refractivity contribution is 9.10. The number of carbonyl (C=O) groups is 1. The van der Waals surface area contributed by atoms with Crippen molar-refractivity contribution in [3.63, 3.8) is 0 Å². The van der Waals surface area contributed by atoms with Crippen molar-refractivity contribution in [1.29, 1.82) is 0 Å². The normalized spacial score (nSPS) is 19.8. The number of ether oxygens (including phenoxy) is 2. The molecule has 0 unspecified atom stereocenters. The molecular weight excluding hydrogens is 288 g/mol. The minimum absolute atomic E-state index is 0.464. The van der Waals surface area contributed by atoms with Crippen LogP contribution >= 0.6 is 15.9 Å². The third-order valence-corrected chi connectivity index (χ3v) is 3.94. The summed E-state index contributed by atoms with van der Waals surface area (Å²) >= 11 is 3.39. The van der Waals surface area contributed by atoms with Crippen LogP contribution in [0.4, 0.5) is 0 Å². The van der Waals surface area contributed by atoms with E-state index in [1.54, 1.807) is 0 Å². The highest BCUT2D eigenvalue weighted by atomic mass is 79.9. The van der Waals surface area contributed by atoms with Gasteiger partial charge in [0.05, 0.1) is 9.89 Å². The number of carboxylic acid groups (broad SMARTS) is 1. The molecule has 1 N–H and O–H groups in total. The molecule has 1 aromatic rings. The summed E-state index contributed by atoms with van der Waals surface area (Å²) in [5.41, 5.74) is -0.0197. The summed E-state index contributed by atoms with van der Waals surface area (Å²) in [6, 6.07) is 3.64. The molecule has 1 saturated carbocycles. The number of fused-ring (bicyclic) bond motifs is 1. The predicted molar refractivity (Wildman–Crippen MR) is 63.7 cm³/mol. The molecule has 1 aromatic carbocycles. The number of aliphatic carboxylic acids is 1. The molecule has 0 amide bonds. The van der Waals surface area contributed by atoms with Crippen LogP contribution in [0.5, 0.6) is 11.5 Å². The van der Waals surface area contributed by atoms with E-state index >= 15 is 0 Å². The Balaban J connectivity index is 2.15. The molecule has 0 aromatic heterocycles. The Morgan fingerprint density at radius 1 is 1.24 bits per heavy atom. The highest BCUT2D eigenvalue weighted by Crippen LogP contribution is 2.55. The van der Waals surface area contributed by atoms with Crippen molar-refractivity contribution in [2.75, 3.05) is 13.2 Å². The zero-order chi connectivity index (χ0) is 12.0. The van der Waals surface area contributed by atoms with E-state index in [1.807, 2.05) is 12.1 Å². The molecule has 0 bridgehead atoms. The molecule has 90 valence electrons. The van der Waals surface area contributed by atoms with Crippen molar-refractivity contribution in [3.8, 4) is 11.5 Å². The van der Waals surface area contributed by atoms with Gasteiger partial charge >= 0.3 is 5.97 Å². The third-order valence-electron chi connectivity index (χ3n) is 3.32. The second-order valence-corrected chi connectivity index (χ2v) is 5.19. The summed E-state index contributed by atoms with van der Waals surface area (Å²) in [6.07, 6.45) is 1.33. The summed E-state index contributed by atoms with van der Waals surface area (Å²) in [5.74, 6) is 0.433. The molecule has 4 nitrogen and oxygen atoms in total. The monoisotopic (exact) mass is 298 g/mol. The summed E-state index contributed by atoms with van der Waals surface area (Å²) in [6.45, 7) is 0.960. The predicted octanol–water partition coefficient (Wildman–Crippen LogP) is 2.34. The zero-order valence-electron chi connectivity index (χ0n) is 9.03. The number of benzene rings is 1. The molecule has 17 heavy (non-hydrogen) atoms. The second kappa shape index (κ2) is 3.63. The Morgan fingerprint density at radius 2 is 1.88 bits per heavy atom. The van der Waals surface area contributed by atoms with Crippen LogP contribution in [0.2, 0.25) is 0 Å². The highest BCUT2D eigenvalue weighted by Gasteiger charge is 2.54. The lowest BCUT2D eigenvalue weighted by Crippen LogP contribution is -2.24. The fourth-order valence-electron chi connectivity index (χ4n) is 2.20. The van der Waals surface area contributed by atoms with Gasteiger partial charge in [-0.25, -0.2) is 0 Å². The van der Waals surface area contributed by atoms with Gasteiger partial charge in [0.1, 0.15) is 13.2 Å². The van der Waals surface area contributed by atoms with E-state index in [0.29, 0.717) is 37.6 Å². The number of carboxylic acids is 1. The van der Waals surface area contributed by atoms with Crippen LogP contribution in [0.15, 0.2) is 16.6 Å². The Kier molecular flexibility index (Phi) is 2.33. The molecule has 1 heterocycles. The van der Waals surface area contributed by atoms with Crippen molar-refractivity contribution in [2.45, 2.75) is 18.3 Å². The first kappa shape index (κ1) is 10.9. The van der Waals surface area contributed by atoms with Crippen LogP contribution < -0.4 is 9.47 Å². The summed E-state index contributed by atoms with van der Waals surface area (Å²) in [4.78, 5) is 11.3. The van der Waals surface area contributed by atoms with Gasteiger partial charge in [-0.2, -0.15) is 0 Å². The second-order valence-electron chi connectivity index (χ2n) is 4.34. The van der Waals surface area contributed by atoms with Crippen molar-refractivity contribution in [2.24, 2.45) is 0 Å². The average molecular weight is 299 g/mol. The molecular formula is C12H11BrO4. The quantitative estimate of drug-likeness (QED) is 0.910. The number of rotatable bonds is 2. The van der Waals surface area contributed by atoms with Gasteiger partial charge in [-0.1, -0.05) is 6.07 Å². The molecule has 0 atom stereocenters. The maximum Gasteiger partial charge on any atom is 0.314 e. The van der Waals surface area contributed by atoms with Crippen LogP contribution in [0, 0.1) is 0 Å². The third kappa shape index (κ3) is 1.52. The standard InChI is InChI=1S/C12H11BrO4/c13-8-2-1-7(12(3-4-12)11(14)15)9-10(8)17-6-5-16-9/h1-2H,3-6H2,(H,14,15). The minimum atomic E-state index is -0.781. The van der Waals surface area contributed by atoms with Crippen LogP contribution in [-0.2, 0) is 10.2 Å². The van der Waals surface area contributed by atoms with E-state index in [4.69, 9.17) is 9.47 Å². The van der Waals surface area contributed by atoms with E-state index in [9.17, 15) is 9.90 Å². The SMILES string of the molecule is O=C(O)C1(c2ccc(Br)c3c2OCCO3)CC1. The van der Waals surface area contributed by atoms with Crippen molar-refractivity contribution < 1.29 is 19.4 Å². The van der Waals surface area contributed by atoms with Crippen LogP contribution in [-0.4, -0.2) is 24.3 Å². The fraction of sp³-hybridized carbons (Fsp3) is 0.417. The molecule has 3 rings (SSSR count). The van der Waals surface area contributed by atoms with Crippen molar-refractivity contribution in [3.05, 3.63) is 22.2 Å². The first-order valence-electron chi connectivity index (χ1n) is 5.47. The van der Waals surface area contributed by atoms with E-state index in [2.05, 4.69) is 15.9 Å². The van der Waals surface area contributed by atoms with Crippen molar-refractivity contribution >= 4 is 21.9 Å². The largest absolute Gasteiger partial charge is 0.486 e. The lowest BCUT2D eigenvalue weighted by atomic mass is 9.94. The van der Waals surface area contributed by atoms with Gasteiger partial charge in [0.2, 0.25) is 0 Å². The van der Waals surface area contributed by atoms with E-state index in [0.717, 1.165) is 10.0 Å². The first-order valence-corrected chi connectivity index (χ1v) is 6.26. The van der Waals surface area contributed by atoms with Gasteiger partial charge in [-0.3, -0.25) is 4.79 Å². The Hall–Kier alpha value is -1.23. The van der Waals surface area contributed by atoms with Gasteiger partial charge < -0.3 is 14.6 Å². The smallest absolute Gasteiger partial charge is 0.314 e. The molecule has 0 radical (unpaired) electrons. The Labute approximate surface area is 107 Å². The summed E-state index contributed by atoms with van der Waals surface area (Å²) in [7, 11) is 0. The van der Waals surface area contributed by atoms with Crippen molar-refractivity contribution in [1.82, 2.24) is 0 Å². The lowest BCUT2D eigenvalue weighted by Gasteiger charge is -2.24. The minimum Gasteiger partial charge on any atom is -0.486 e. The number of hydrogen-bond acceptors (Lipinski definition) is 3. The Morgan fingerprint density at radius 3 is 2.47 bits per heavy atom. The number of halogens is 1. The Bertz CT molecular complexity index is 494. The molecule has 0 saturated heterocycles. The zero-order valence-corrected chi connectivity index (χ0v) is 10.6. The summed E-state index contributed by atoms with van der Waals surface area (Å²) < 4.78 is 11.9. The van der Waals surface area contributed by atoms with E-state index in [-0.39, 0.29) is 0 Å². The maximum absolute atomic E-state index is 11.3. The topological polar surface area (TPSA) is 55.8 Å². The van der Waals surface area contributed by atoms with Gasteiger partial charge in [-0.05, 0) is 34.8 Å². The molecule has 1 aliphatic carbocycles. The molecule has 5 heteroatoms. The fourth-order valence-corrected chi connectivity index (χ4v) is 2.63. The van der Waals surface area contributed by atoms with Gasteiger partial charge in [-0.15, -0.1) is 0 Å². The van der Waals surface area contributed by atoms with Gasteiger partial charge in [0.25, 0.3) is 0 Å². The van der Waals surface area contributed by atoms with E-state index in [1.165, 1.54) is 0 Å².